The lowest BCUT2D eigenvalue weighted by atomic mass is 9.87. The van der Waals surface area contributed by atoms with Gasteiger partial charge in [0.2, 0.25) is 0 Å². The molecule has 0 aromatic heterocycles. The molecular weight excluding hydrogens is 308 g/mol. The van der Waals surface area contributed by atoms with Gasteiger partial charge in [-0.3, -0.25) is 4.79 Å². The van der Waals surface area contributed by atoms with Crippen LogP contribution in [0.2, 0.25) is 5.02 Å². The van der Waals surface area contributed by atoms with Gasteiger partial charge in [0, 0.05) is 10.6 Å². The fourth-order valence-electron chi connectivity index (χ4n) is 2.08. The van der Waals surface area contributed by atoms with E-state index in [1.54, 1.807) is 12.1 Å². The standard InChI is InChI=1S/C19H21ClN2O/c1-13(14-7-11-17(20)12-8-14)21-22-18(23)15-5-9-16(10-6-15)19(2,3)4/h5-12H,1-4H3,(H,22,23). The van der Waals surface area contributed by atoms with Crippen LogP contribution < -0.4 is 5.43 Å². The van der Waals surface area contributed by atoms with Crippen molar-refractivity contribution in [2.24, 2.45) is 5.10 Å². The van der Waals surface area contributed by atoms with E-state index in [0.29, 0.717) is 10.6 Å². The zero-order valence-electron chi connectivity index (χ0n) is 13.9. The Balaban J connectivity index is 2.07. The molecule has 0 saturated heterocycles. The second-order valence-corrected chi connectivity index (χ2v) is 6.91. The number of nitrogens with zero attached hydrogens (tertiary/aromatic N) is 1. The van der Waals surface area contributed by atoms with Crippen molar-refractivity contribution in [3.63, 3.8) is 0 Å². The monoisotopic (exact) mass is 328 g/mol. The highest BCUT2D eigenvalue weighted by atomic mass is 35.5. The van der Waals surface area contributed by atoms with Crippen molar-refractivity contribution in [1.29, 1.82) is 0 Å². The van der Waals surface area contributed by atoms with E-state index in [4.69, 9.17) is 11.6 Å². The van der Waals surface area contributed by atoms with Crippen molar-refractivity contribution in [2.45, 2.75) is 33.1 Å². The molecule has 2 rings (SSSR count). The van der Waals surface area contributed by atoms with E-state index in [9.17, 15) is 4.79 Å². The topological polar surface area (TPSA) is 41.5 Å². The van der Waals surface area contributed by atoms with E-state index < -0.39 is 0 Å². The molecule has 0 bridgehead atoms. The Morgan fingerprint density at radius 1 is 0.957 bits per heavy atom. The zero-order valence-corrected chi connectivity index (χ0v) is 14.6. The summed E-state index contributed by atoms with van der Waals surface area (Å²) >= 11 is 5.86. The zero-order chi connectivity index (χ0) is 17.0. The number of nitrogens with one attached hydrogen (secondary N) is 1. The molecule has 2 aromatic rings. The summed E-state index contributed by atoms with van der Waals surface area (Å²) in [7, 11) is 0. The van der Waals surface area contributed by atoms with Gasteiger partial charge in [-0.2, -0.15) is 5.10 Å². The fraction of sp³-hybridized carbons (Fsp3) is 0.263. The average molecular weight is 329 g/mol. The van der Waals surface area contributed by atoms with Crippen LogP contribution in [0.4, 0.5) is 0 Å². The van der Waals surface area contributed by atoms with Crippen molar-refractivity contribution >= 4 is 23.2 Å². The van der Waals surface area contributed by atoms with Crippen LogP contribution in [0.15, 0.2) is 53.6 Å². The van der Waals surface area contributed by atoms with Gasteiger partial charge in [-0.25, -0.2) is 5.43 Å². The fourth-order valence-corrected chi connectivity index (χ4v) is 2.20. The van der Waals surface area contributed by atoms with Gasteiger partial charge in [0.25, 0.3) is 5.91 Å². The quantitative estimate of drug-likeness (QED) is 0.638. The number of hydrogen-bond acceptors (Lipinski definition) is 2. The third kappa shape index (κ3) is 4.67. The molecule has 1 amide bonds. The number of amides is 1. The molecule has 0 heterocycles. The third-order valence-corrected chi connectivity index (χ3v) is 3.85. The molecular formula is C19H21ClN2O. The van der Waals surface area contributed by atoms with Crippen molar-refractivity contribution < 1.29 is 4.79 Å². The molecule has 0 radical (unpaired) electrons. The minimum atomic E-state index is -0.223. The average Bonchev–Trinajstić information content (AvgIpc) is 2.52. The molecule has 120 valence electrons. The molecule has 0 fully saturated rings. The lowest BCUT2D eigenvalue weighted by molar-refractivity contribution is 0.0955. The Hall–Kier alpha value is -2.13. The van der Waals surface area contributed by atoms with Gasteiger partial charge in [-0.1, -0.05) is 56.6 Å². The van der Waals surface area contributed by atoms with Gasteiger partial charge >= 0.3 is 0 Å². The van der Waals surface area contributed by atoms with Crippen LogP contribution in [0.25, 0.3) is 0 Å². The first kappa shape index (κ1) is 17.2. The van der Waals surface area contributed by atoms with Crippen molar-refractivity contribution in [3.05, 3.63) is 70.2 Å². The van der Waals surface area contributed by atoms with Gasteiger partial charge in [-0.05, 0) is 47.7 Å². The number of hydrazone groups is 1. The molecule has 0 aliphatic carbocycles. The van der Waals surface area contributed by atoms with Crippen molar-refractivity contribution in [2.75, 3.05) is 0 Å². The highest BCUT2D eigenvalue weighted by molar-refractivity contribution is 6.30. The first-order valence-electron chi connectivity index (χ1n) is 7.48. The normalized spacial score (nSPS) is 12.1. The smallest absolute Gasteiger partial charge is 0.267 e. The number of carbonyl (C=O) groups is 1. The van der Waals surface area contributed by atoms with Gasteiger partial charge < -0.3 is 0 Å². The number of halogens is 1. The minimum absolute atomic E-state index is 0.0678. The lowest BCUT2D eigenvalue weighted by Crippen LogP contribution is -2.20. The van der Waals surface area contributed by atoms with Gasteiger partial charge in [0.05, 0.1) is 5.71 Å². The largest absolute Gasteiger partial charge is 0.271 e. The molecule has 23 heavy (non-hydrogen) atoms. The van der Waals surface area contributed by atoms with Gasteiger partial charge in [0.1, 0.15) is 0 Å². The molecule has 3 nitrogen and oxygen atoms in total. The SMILES string of the molecule is CC(=NNC(=O)c1ccc(C(C)(C)C)cc1)c1ccc(Cl)cc1. The summed E-state index contributed by atoms with van der Waals surface area (Å²) < 4.78 is 0. The molecule has 1 N–H and O–H groups in total. The van der Waals surface area contributed by atoms with Crippen LogP contribution in [0.1, 0.15) is 49.2 Å². The maximum atomic E-state index is 12.2. The molecule has 0 saturated carbocycles. The maximum absolute atomic E-state index is 12.2. The first-order valence-corrected chi connectivity index (χ1v) is 7.86. The van der Waals surface area contributed by atoms with E-state index in [1.165, 1.54) is 5.56 Å². The summed E-state index contributed by atoms with van der Waals surface area (Å²) in [5, 5.41) is 4.82. The van der Waals surface area contributed by atoms with E-state index in [2.05, 4.69) is 31.3 Å². The summed E-state index contributed by atoms with van der Waals surface area (Å²) in [6.07, 6.45) is 0. The van der Waals surface area contributed by atoms with E-state index in [1.807, 2.05) is 43.3 Å². The summed E-state index contributed by atoms with van der Waals surface area (Å²) in [6.45, 7) is 8.26. The van der Waals surface area contributed by atoms with Crippen LogP contribution in [0, 0.1) is 0 Å². The van der Waals surface area contributed by atoms with Crippen LogP contribution in [-0.2, 0) is 5.41 Å². The molecule has 0 aliphatic rings. The number of rotatable bonds is 3. The van der Waals surface area contributed by atoms with Crippen LogP contribution >= 0.6 is 11.6 Å². The molecule has 0 aliphatic heterocycles. The van der Waals surface area contributed by atoms with Crippen LogP contribution in [0.5, 0.6) is 0 Å². The van der Waals surface area contributed by atoms with Crippen molar-refractivity contribution in [3.8, 4) is 0 Å². The number of hydrogen-bond donors (Lipinski definition) is 1. The second-order valence-electron chi connectivity index (χ2n) is 6.47. The molecule has 0 atom stereocenters. The predicted octanol–water partition coefficient (Wildman–Crippen LogP) is 4.79. The third-order valence-electron chi connectivity index (χ3n) is 3.60. The highest BCUT2D eigenvalue weighted by Gasteiger charge is 2.14. The Labute approximate surface area is 142 Å². The summed E-state index contributed by atoms with van der Waals surface area (Å²) in [5.74, 6) is -0.223. The van der Waals surface area contributed by atoms with Crippen LogP contribution in [0.3, 0.4) is 0 Å². The highest BCUT2D eigenvalue weighted by Crippen LogP contribution is 2.22. The predicted molar refractivity (Wildman–Crippen MR) is 96.3 cm³/mol. The maximum Gasteiger partial charge on any atom is 0.271 e. The van der Waals surface area contributed by atoms with E-state index in [-0.39, 0.29) is 11.3 Å². The summed E-state index contributed by atoms with van der Waals surface area (Å²) in [5.41, 5.74) is 6.07. The van der Waals surface area contributed by atoms with Gasteiger partial charge in [0.15, 0.2) is 0 Å². The number of benzene rings is 2. The molecule has 0 spiro atoms. The minimum Gasteiger partial charge on any atom is -0.267 e. The summed E-state index contributed by atoms with van der Waals surface area (Å²) in [4.78, 5) is 12.2. The first-order chi connectivity index (χ1) is 10.8. The summed E-state index contributed by atoms with van der Waals surface area (Å²) in [6, 6.07) is 14.9. The Morgan fingerprint density at radius 3 is 2.00 bits per heavy atom. The lowest BCUT2D eigenvalue weighted by Gasteiger charge is -2.18. The Kier molecular flexibility index (Phi) is 5.22. The van der Waals surface area contributed by atoms with Crippen molar-refractivity contribution in [1.82, 2.24) is 5.43 Å². The molecule has 4 heteroatoms. The molecule has 2 aromatic carbocycles. The molecule has 0 unspecified atom stereocenters. The van der Waals surface area contributed by atoms with E-state index >= 15 is 0 Å². The van der Waals surface area contributed by atoms with E-state index in [0.717, 1.165) is 11.3 Å². The number of carbonyl (C=O) groups excluding carboxylic acids is 1. The van der Waals surface area contributed by atoms with Crippen LogP contribution in [-0.4, -0.2) is 11.6 Å². The Morgan fingerprint density at radius 2 is 1.48 bits per heavy atom. The Bertz CT molecular complexity index is 711. The second kappa shape index (κ2) is 6.97. The van der Waals surface area contributed by atoms with Gasteiger partial charge in [-0.15, -0.1) is 0 Å².